The lowest BCUT2D eigenvalue weighted by molar-refractivity contribution is -0.204. The molecule has 3 N–H and O–H groups in total. The van der Waals surface area contributed by atoms with Crippen molar-refractivity contribution in [3.8, 4) is 0 Å². The van der Waals surface area contributed by atoms with Crippen molar-refractivity contribution < 1.29 is 27.6 Å². The van der Waals surface area contributed by atoms with Crippen molar-refractivity contribution in [1.82, 2.24) is 15.7 Å². The molecule has 0 aromatic heterocycles. The zero-order valence-corrected chi connectivity index (χ0v) is 25.6. The van der Waals surface area contributed by atoms with Crippen molar-refractivity contribution in [2.75, 3.05) is 12.9 Å². The molecule has 1 heterocycles. The van der Waals surface area contributed by atoms with Gasteiger partial charge in [0.15, 0.2) is 6.29 Å². The zero-order valence-electron chi connectivity index (χ0n) is 24.8. The summed E-state index contributed by atoms with van der Waals surface area (Å²) in [7, 11) is -3.72. The summed E-state index contributed by atoms with van der Waals surface area (Å²) < 4.78 is 29.4. The predicted molar refractivity (Wildman–Crippen MR) is 161 cm³/mol. The van der Waals surface area contributed by atoms with Crippen molar-refractivity contribution >= 4 is 38.7 Å². The molecule has 1 aliphatic rings. The summed E-state index contributed by atoms with van der Waals surface area (Å²) in [6.07, 6.45) is 7.79. The summed E-state index contributed by atoms with van der Waals surface area (Å²) >= 11 is 0. The normalized spacial score (nSPS) is 17.3. The molecule has 2 atom stereocenters. The van der Waals surface area contributed by atoms with Crippen molar-refractivity contribution in [2.45, 2.75) is 72.5 Å². The molecule has 0 spiro atoms. The average molecular weight is 588 g/mol. The number of benzene rings is 2. The Kier molecular flexibility index (Phi) is 11.9. The Labute approximate surface area is 244 Å². The lowest BCUT2D eigenvalue weighted by Crippen LogP contribution is -2.56. The molecular weight excluding hydrogens is 542 g/mol. The van der Waals surface area contributed by atoms with E-state index in [1.165, 1.54) is 0 Å². The average Bonchev–Trinajstić information content (AvgIpc) is 2.92. The van der Waals surface area contributed by atoms with Gasteiger partial charge in [-0.3, -0.25) is 15.0 Å². The highest BCUT2D eigenvalue weighted by atomic mass is 32.2. The maximum Gasteiger partial charge on any atom is 0.248 e. The largest absolute Gasteiger partial charge is 0.350 e. The van der Waals surface area contributed by atoms with Crippen LogP contribution in [0.1, 0.15) is 71.8 Å². The van der Waals surface area contributed by atoms with Gasteiger partial charge in [0, 0.05) is 13.0 Å². The summed E-state index contributed by atoms with van der Waals surface area (Å²) in [5.41, 5.74) is 4.76. The fourth-order valence-electron chi connectivity index (χ4n) is 5.74. The van der Waals surface area contributed by atoms with Crippen LogP contribution in [-0.4, -0.2) is 39.4 Å². The van der Waals surface area contributed by atoms with Gasteiger partial charge in [-0.2, -0.15) is 0 Å². The smallest absolute Gasteiger partial charge is 0.248 e. The van der Waals surface area contributed by atoms with Crippen LogP contribution in [0.3, 0.4) is 0 Å². The Bertz CT molecular complexity index is 1290. The van der Waals surface area contributed by atoms with E-state index < -0.39 is 39.5 Å². The first-order valence-corrected chi connectivity index (χ1v) is 16.3. The molecule has 1 saturated heterocycles. The number of fused-ring (bicyclic) bond motifs is 1. The second kappa shape index (κ2) is 14.9. The number of nitrogens with one attached hydrogen (secondary N) is 3. The van der Waals surface area contributed by atoms with E-state index in [1.807, 2.05) is 82.3 Å². The molecule has 1 aliphatic heterocycles. The van der Waals surface area contributed by atoms with Gasteiger partial charge in [-0.1, -0.05) is 82.3 Å². The van der Waals surface area contributed by atoms with Crippen LogP contribution < -0.4 is 15.7 Å². The van der Waals surface area contributed by atoms with Crippen LogP contribution in [0.5, 0.6) is 0 Å². The van der Waals surface area contributed by atoms with E-state index in [0.29, 0.717) is 25.9 Å². The van der Waals surface area contributed by atoms with Crippen molar-refractivity contribution in [2.24, 2.45) is 23.2 Å². The molecule has 41 heavy (non-hydrogen) atoms. The van der Waals surface area contributed by atoms with E-state index in [2.05, 4.69) is 15.7 Å². The van der Waals surface area contributed by atoms with Gasteiger partial charge in [0.25, 0.3) is 0 Å². The van der Waals surface area contributed by atoms with E-state index in [9.17, 15) is 18.0 Å². The first kappa shape index (κ1) is 32.7. The second-order valence-corrected chi connectivity index (χ2v) is 13.6. The number of hydroxylamine groups is 1. The molecule has 1 fully saturated rings. The fourth-order valence-corrected chi connectivity index (χ4v) is 6.02. The quantitative estimate of drug-likeness (QED) is 0.265. The van der Waals surface area contributed by atoms with Crippen LogP contribution >= 0.6 is 0 Å². The molecule has 0 bridgehead atoms. The van der Waals surface area contributed by atoms with Crippen molar-refractivity contribution in [1.29, 1.82) is 0 Å². The topological polar surface area (TPSA) is 123 Å². The number of sulfonamides is 1. The molecule has 2 aromatic carbocycles. The summed E-state index contributed by atoms with van der Waals surface area (Å²) in [6.45, 7) is 8.50. The number of hydrogen-bond donors (Lipinski definition) is 3. The van der Waals surface area contributed by atoms with Gasteiger partial charge >= 0.3 is 0 Å². The lowest BCUT2D eigenvalue weighted by atomic mass is 9.64. The SMILES string of the molecule is CC(C)CC(CC(C)C)(C(=O)NNS(C)(=O)=O)[C@@H](CC=Cc1cccc2ccccc12)C(=O)NO[C@H]1CCCCO1. The third-order valence-electron chi connectivity index (χ3n) is 7.25. The second-order valence-electron chi connectivity index (χ2n) is 11.8. The van der Waals surface area contributed by atoms with Gasteiger partial charge < -0.3 is 4.74 Å². The van der Waals surface area contributed by atoms with E-state index in [0.717, 1.165) is 35.4 Å². The molecule has 2 amide bonds. The summed E-state index contributed by atoms with van der Waals surface area (Å²) in [5, 5.41) is 2.18. The molecular formula is C31H45N3O6S. The molecule has 3 rings (SSSR count). The van der Waals surface area contributed by atoms with Gasteiger partial charge in [0.05, 0.1) is 17.6 Å². The number of carbonyl (C=O) groups is 2. The Morgan fingerprint density at radius 3 is 2.37 bits per heavy atom. The Hall–Kier alpha value is -2.79. The summed E-state index contributed by atoms with van der Waals surface area (Å²) in [5.74, 6) is -1.77. The molecule has 10 heteroatoms. The minimum atomic E-state index is -3.72. The van der Waals surface area contributed by atoms with Crippen LogP contribution in [0.15, 0.2) is 48.5 Å². The molecule has 226 valence electrons. The number of hydrogen-bond acceptors (Lipinski definition) is 6. The predicted octanol–water partition coefficient (Wildman–Crippen LogP) is 5.09. The van der Waals surface area contributed by atoms with Gasteiger partial charge in [0.2, 0.25) is 21.8 Å². The van der Waals surface area contributed by atoms with Gasteiger partial charge in [-0.05, 0) is 60.3 Å². The van der Waals surface area contributed by atoms with Crippen molar-refractivity contribution in [3.63, 3.8) is 0 Å². The molecule has 0 aliphatic carbocycles. The van der Waals surface area contributed by atoms with Crippen LogP contribution in [-0.2, 0) is 29.2 Å². The van der Waals surface area contributed by atoms with E-state index >= 15 is 0 Å². The minimum absolute atomic E-state index is 0.0395. The lowest BCUT2D eigenvalue weighted by Gasteiger charge is -2.41. The van der Waals surface area contributed by atoms with Gasteiger partial charge in [-0.25, -0.2) is 18.7 Å². The van der Waals surface area contributed by atoms with Gasteiger partial charge in [0.1, 0.15) is 0 Å². The molecule has 0 unspecified atom stereocenters. The number of rotatable bonds is 14. The summed E-state index contributed by atoms with van der Waals surface area (Å²) in [6, 6.07) is 14.1. The number of allylic oxidation sites excluding steroid dienone is 1. The monoisotopic (exact) mass is 587 g/mol. The highest BCUT2D eigenvalue weighted by Gasteiger charge is 2.49. The highest BCUT2D eigenvalue weighted by molar-refractivity contribution is 7.88. The van der Waals surface area contributed by atoms with Crippen molar-refractivity contribution in [3.05, 3.63) is 54.1 Å². The minimum Gasteiger partial charge on any atom is -0.350 e. The third kappa shape index (κ3) is 9.63. The zero-order chi connectivity index (χ0) is 30.0. The molecule has 2 aromatic rings. The Morgan fingerprint density at radius 1 is 1.05 bits per heavy atom. The van der Waals surface area contributed by atoms with E-state index in [-0.39, 0.29) is 18.3 Å². The number of hydrazine groups is 1. The number of amides is 2. The highest BCUT2D eigenvalue weighted by Crippen LogP contribution is 2.43. The number of ether oxygens (including phenoxy) is 1. The first-order chi connectivity index (χ1) is 19.4. The molecule has 9 nitrogen and oxygen atoms in total. The molecule has 0 saturated carbocycles. The Balaban J connectivity index is 2.00. The Morgan fingerprint density at radius 2 is 1.73 bits per heavy atom. The maximum atomic E-state index is 13.9. The van der Waals surface area contributed by atoms with E-state index in [4.69, 9.17) is 9.57 Å². The standard InChI is InChI=1S/C31H45N3O6S/c1-22(2)20-31(21-23(3)4,30(36)32-34-41(5,37)38)27(29(35)33-40-28-18-8-9-19-39-28)17-11-15-25-14-10-13-24-12-6-7-16-26(24)25/h6-7,10-16,22-23,27-28,34H,8-9,17-21H2,1-5H3,(H,32,36)(H,33,35)/t27-,28-/m0/s1. The first-order valence-electron chi connectivity index (χ1n) is 14.4. The maximum absolute atomic E-state index is 13.9. The van der Waals surface area contributed by atoms with Gasteiger partial charge in [-0.15, -0.1) is 4.83 Å². The van der Waals surface area contributed by atoms with Crippen LogP contribution in [0, 0.1) is 23.2 Å². The summed E-state index contributed by atoms with van der Waals surface area (Å²) in [4.78, 5) is 35.6. The number of carbonyl (C=O) groups excluding carboxylic acids is 2. The van der Waals surface area contributed by atoms with Crippen LogP contribution in [0.2, 0.25) is 0 Å². The van der Waals surface area contributed by atoms with E-state index in [1.54, 1.807) is 0 Å². The fraction of sp³-hybridized carbons (Fsp3) is 0.548. The van der Waals surface area contributed by atoms with Crippen LogP contribution in [0.4, 0.5) is 0 Å². The molecule has 0 radical (unpaired) electrons. The third-order valence-corrected chi connectivity index (χ3v) is 7.72. The van der Waals surface area contributed by atoms with Crippen LogP contribution in [0.25, 0.3) is 16.8 Å².